The number of fused-ring (bicyclic) bond motifs is 1. The molecule has 1 fully saturated rings. The van der Waals surface area contributed by atoms with Crippen molar-refractivity contribution in [2.24, 2.45) is 0 Å². The van der Waals surface area contributed by atoms with Crippen molar-refractivity contribution in [2.75, 3.05) is 4.90 Å². The molecule has 5 rings (SSSR count). The topological polar surface area (TPSA) is 75.7 Å². The second-order valence-corrected chi connectivity index (χ2v) is 8.35. The molecule has 0 atom stereocenters. The average Bonchev–Trinajstić information content (AvgIpc) is 2.86. The number of carbonyl (C=O) groups is 3. The quantitative estimate of drug-likeness (QED) is 0.291. The second-order valence-electron chi connectivity index (χ2n) is 7.91. The minimum Gasteiger partial charge on any atom is -0.488 e. The van der Waals surface area contributed by atoms with Gasteiger partial charge in [-0.05, 0) is 52.7 Å². The first-order valence-corrected chi connectivity index (χ1v) is 11.2. The summed E-state index contributed by atoms with van der Waals surface area (Å²) in [5, 5.41) is 4.57. The Hall–Kier alpha value is -4.42. The lowest BCUT2D eigenvalue weighted by atomic mass is 9.99. The first-order valence-electron chi connectivity index (χ1n) is 10.9. The van der Waals surface area contributed by atoms with E-state index >= 15 is 0 Å². The predicted octanol–water partition coefficient (Wildman–Crippen LogP) is 5.74. The molecule has 0 aliphatic carbocycles. The lowest BCUT2D eigenvalue weighted by molar-refractivity contribution is -0.122. The summed E-state index contributed by atoms with van der Waals surface area (Å²) in [5.41, 5.74) is 1.63. The number of anilines is 1. The zero-order valence-electron chi connectivity index (χ0n) is 18.4. The lowest BCUT2D eigenvalue weighted by Crippen LogP contribution is -2.54. The van der Waals surface area contributed by atoms with Gasteiger partial charge >= 0.3 is 6.03 Å². The Morgan fingerprint density at radius 2 is 1.63 bits per heavy atom. The molecular formula is C28H19ClN2O4. The molecule has 1 saturated heterocycles. The van der Waals surface area contributed by atoms with Gasteiger partial charge in [0.15, 0.2) is 0 Å². The van der Waals surface area contributed by atoms with E-state index in [4.69, 9.17) is 16.3 Å². The van der Waals surface area contributed by atoms with Gasteiger partial charge in [-0.2, -0.15) is 0 Å². The fraction of sp³-hybridized carbons (Fsp3) is 0.0357. The molecule has 6 nitrogen and oxygen atoms in total. The van der Waals surface area contributed by atoms with Gasteiger partial charge in [0.25, 0.3) is 11.8 Å². The SMILES string of the molecule is O=C1NC(=O)N(c2ccccc2)C(=O)/C1=C/c1c(OCc2cccc(Cl)c2)ccc2ccccc12. The van der Waals surface area contributed by atoms with E-state index in [0.717, 1.165) is 21.2 Å². The number of imide groups is 2. The van der Waals surface area contributed by atoms with E-state index in [-0.39, 0.29) is 12.2 Å². The third-order valence-corrected chi connectivity index (χ3v) is 5.85. The van der Waals surface area contributed by atoms with Crippen LogP contribution in [0.15, 0.2) is 96.6 Å². The van der Waals surface area contributed by atoms with E-state index in [0.29, 0.717) is 22.0 Å². The Kier molecular flexibility index (Phi) is 6.04. The zero-order valence-corrected chi connectivity index (χ0v) is 19.2. The van der Waals surface area contributed by atoms with Crippen molar-refractivity contribution in [3.63, 3.8) is 0 Å². The third-order valence-electron chi connectivity index (χ3n) is 5.62. The maximum Gasteiger partial charge on any atom is 0.335 e. The predicted molar refractivity (Wildman–Crippen MR) is 135 cm³/mol. The smallest absolute Gasteiger partial charge is 0.335 e. The lowest BCUT2D eigenvalue weighted by Gasteiger charge is -2.26. The van der Waals surface area contributed by atoms with Crippen LogP contribution in [0.3, 0.4) is 0 Å². The van der Waals surface area contributed by atoms with Gasteiger partial charge in [-0.1, -0.05) is 72.3 Å². The number of nitrogens with zero attached hydrogens (tertiary/aromatic N) is 1. The van der Waals surface area contributed by atoms with Crippen LogP contribution in [0.1, 0.15) is 11.1 Å². The number of urea groups is 1. The van der Waals surface area contributed by atoms with Crippen molar-refractivity contribution in [1.82, 2.24) is 5.32 Å². The molecule has 1 heterocycles. The van der Waals surface area contributed by atoms with Crippen molar-refractivity contribution in [1.29, 1.82) is 0 Å². The molecule has 172 valence electrons. The van der Waals surface area contributed by atoms with Crippen LogP contribution >= 0.6 is 11.6 Å². The molecule has 1 aliphatic heterocycles. The molecular weight excluding hydrogens is 464 g/mol. The number of rotatable bonds is 5. The molecule has 0 radical (unpaired) electrons. The van der Waals surface area contributed by atoms with Gasteiger partial charge in [-0.15, -0.1) is 0 Å². The number of ether oxygens (including phenoxy) is 1. The molecule has 1 N–H and O–H groups in total. The van der Waals surface area contributed by atoms with Gasteiger partial charge < -0.3 is 4.74 Å². The van der Waals surface area contributed by atoms with Crippen LogP contribution in [0.4, 0.5) is 10.5 Å². The summed E-state index contributed by atoms with van der Waals surface area (Å²) in [4.78, 5) is 39.5. The summed E-state index contributed by atoms with van der Waals surface area (Å²) < 4.78 is 6.10. The van der Waals surface area contributed by atoms with Crippen LogP contribution in [-0.2, 0) is 16.2 Å². The zero-order chi connectivity index (χ0) is 24.4. The molecule has 35 heavy (non-hydrogen) atoms. The minimum atomic E-state index is -0.793. The number of benzene rings is 4. The molecule has 0 aromatic heterocycles. The Bertz CT molecular complexity index is 1500. The van der Waals surface area contributed by atoms with Crippen molar-refractivity contribution >= 4 is 52.0 Å². The molecule has 0 bridgehead atoms. The van der Waals surface area contributed by atoms with Crippen LogP contribution in [0.5, 0.6) is 5.75 Å². The highest BCUT2D eigenvalue weighted by molar-refractivity contribution is 6.39. The summed E-state index contributed by atoms with van der Waals surface area (Å²) in [6.45, 7) is 0.240. The average molecular weight is 483 g/mol. The maximum absolute atomic E-state index is 13.3. The summed E-state index contributed by atoms with van der Waals surface area (Å²) in [5.74, 6) is -0.987. The van der Waals surface area contributed by atoms with E-state index in [1.54, 1.807) is 42.5 Å². The number of hydrogen-bond donors (Lipinski definition) is 1. The number of nitrogens with one attached hydrogen (secondary N) is 1. The third kappa shape index (κ3) is 4.52. The van der Waals surface area contributed by atoms with Crippen molar-refractivity contribution < 1.29 is 19.1 Å². The highest BCUT2D eigenvalue weighted by atomic mass is 35.5. The van der Waals surface area contributed by atoms with Gasteiger partial charge in [0.1, 0.15) is 17.9 Å². The molecule has 4 amide bonds. The second kappa shape index (κ2) is 9.44. The largest absolute Gasteiger partial charge is 0.488 e. The molecule has 0 unspecified atom stereocenters. The minimum absolute atomic E-state index is 0.169. The van der Waals surface area contributed by atoms with Gasteiger partial charge in [-0.25, -0.2) is 9.69 Å². The number of hydrogen-bond acceptors (Lipinski definition) is 4. The van der Waals surface area contributed by atoms with Crippen LogP contribution < -0.4 is 15.0 Å². The molecule has 7 heteroatoms. The monoisotopic (exact) mass is 482 g/mol. The first-order chi connectivity index (χ1) is 17.0. The first kappa shape index (κ1) is 22.4. The van der Waals surface area contributed by atoms with Gasteiger partial charge in [-0.3, -0.25) is 14.9 Å². The van der Waals surface area contributed by atoms with Crippen LogP contribution in [0.25, 0.3) is 16.8 Å². The number of barbiturate groups is 1. The molecule has 0 spiro atoms. The Labute approximate surface area is 206 Å². The highest BCUT2D eigenvalue weighted by Crippen LogP contribution is 2.32. The fourth-order valence-electron chi connectivity index (χ4n) is 3.95. The number of halogens is 1. The Morgan fingerprint density at radius 3 is 2.43 bits per heavy atom. The number of carbonyl (C=O) groups excluding carboxylic acids is 3. The van der Waals surface area contributed by atoms with Crippen LogP contribution in [0, 0.1) is 0 Å². The van der Waals surface area contributed by atoms with Crippen LogP contribution in [-0.4, -0.2) is 17.8 Å². The highest BCUT2D eigenvalue weighted by Gasteiger charge is 2.37. The number of amides is 4. The summed E-state index contributed by atoms with van der Waals surface area (Å²) >= 11 is 6.09. The summed E-state index contributed by atoms with van der Waals surface area (Å²) in [6, 6.07) is 26.3. The van der Waals surface area contributed by atoms with Gasteiger partial charge in [0, 0.05) is 10.6 Å². The summed E-state index contributed by atoms with van der Waals surface area (Å²) in [7, 11) is 0. The van der Waals surface area contributed by atoms with Gasteiger partial charge in [0.05, 0.1) is 5.69 Å². The van der Waals surface area contributed by atoms with E-state index in [1.165, 1.54) is 6.08 Å². The fourth-order valence-corrected chi connectivity index (χ4v) is 4.16. The Morgan fingerprint density at radius 1 is 0.857 bits per heavy atom. The van der Waals surface area contributed by atoms with Crippen molar-refractivity contribution in [2.45, 2.75) is 6.61 Å². The standard InChI is InChI=1S/C28H19ClN2O4/c29-20-9-6-7-18(15-20)17-35-25-14-13-19-8-4-5-12-22(19)23(25)16-24-26(32)30-28(34)31(27(24)33)21-10-2-1-3-11-21/h1-16H,17H2,(H,30,32,34)/b24-16+. The molecule has 4 aromatic carbocycles. The van der Waals surface area contributed by atoms with Crippen molar-refractivity contribution in [3.8, 4) is 5.75 Å². The molecule has 1 aliphatic rings. The maximum atomic E-state index is 13.3. The van der Waals surface area contributed by atoms with Crippen molar-refractivity contribution in [3.05, 3.63) is 113 Å². The molecule has 0 saturated carbocycles. The van der Waals surface area contributed by atoms with E-state index in [2.05, 4.69) is 5.32 Å². The van der Waals surface area contributed by atoms with E-state index in [9.17, 15) is 14.4 Å². The van der Waals surface area contributed by atoms with E-state index in [1.807, 2.05) is 48.5 Å². The van der Waals surface area contributed by atoms with E-state index < -0.39 is 17.8 Å². The Balaban J connectivity index is 1.58. The number of para-hydroxylation sites is 1. The normalized spacial score (nSPS) is 14.9. The van der Waals surface area contributed by atoms with Gasteiger partial charge in [0.2, 0.25) is 0 Å². The van der Waals surface area contributed by atoms with Crippen LogP contribution in [0.2, 0.25) is 5.02 Å². The summed E-state index contributed by atoms with van der Waals surface area (Å²) in [6.07, 6.45) is 1.48. The molecule has 4 aromatic rings.